The lowest BCUT2D eigenvalue weighted by atomic mass is 10.1. The van der Waals surface area contributed by atoms with E-state index in [-0.39, 0.29) is 18.8 Å². The van der Waals surface area contributed by atoms with Crippen molar-refractivity contribution in [1.29, 1.82) is 0 Å². The van der Waals surface area contributed by atoms with E-state index in [2.05, 4.69) is 48.7 Å². The molecule has 1 aliphatic rings. The number of ether oxygens (including phenoxy) is 1. The number of nitrogens with one attached hydrogen (secondary N) is 1. The standard InChI is InChI=1S/C20H31NO2/c1-2-3-4-5-6-7-8-17-9-11-18(12-10-17)16-23-20-13-19(15-22)21-14-20/h7-12,19-22H,2-6,13-16H2,1H3/b8-7+/t19-,20+/m0/s1. The summed E-state index contributed by atoms with van der Waals surface area (Å²) in [5.41, 5.74) is 2.46. The first-order chi connectivity index (χ1) is 11.3. The van der Waals surface area contributed by atoms with Crippen LogP contribution < -0.4 is 5.32 Å². The highest BCUT2D eigenvalue weighted by molar-refractivity contribution is 5.49. The van der Waals surface area contributed by atoms with Crippen LogP contribution in [0.1, 0.15) is 56.6 Å². The third-order valence-corrected chi connectivity index (χ3v) is 4.40. The van der Waals surface area contributed by atoms with E-state index in [4.69, 9.17) is 9.84 Å². The lowest BCUT2D eigenvalue weighted by Gasteiger charge is -2.11. The molecule has 3 nitrogen and oxygen atoms in total. The molecule has 0 saturated carbocycles. The molecule has 1 fully saturated rings. The van der Waals surface area contributed by atoms with Crippen LogP contribution in [0.4, 0.5) is 0 Å². The van der Waals surface area contributed by atoms with Crippen LogP contribution in [0.5, 0.6) is 0 Å². The highest BCUT2D eigenvalue weighted by Gasteiger charge is 2.23. The number of benzene rings is 1. The molecule has 0 bridgehead atoms. The first-order valence-electron chi connectivity index (χ1n) is 9.03. The fraction of sp³-hybridized carbons (Fsp3) is 0.600. The summed E-state index contributed by atoms with van der Waals surface area (Å²) in [7, 11) is 0. The normalized spacial score (nSPS) is 21.3. The van der Waals surface area contributed by atoms with Gasteiger partial charge in [-0.1, -0.05) is 62.6 Å². The van der Waals surface area contributed by atoms with Gasteiger partial charge in [0.2, 0.25) is 0 Å². The van der Waals surface area contributed by atoms with E-state index in [1.54, 1.807) is 0 Å². The topological polar surface area (TPSA) is 41.5 Å². The number of allylic oxidation sites excluding steroid dienone is 1. The predicted molar refractivity (Wildman–Crippen MR) is 96.3 cm³/mol. The molecule has 3 heteroatoms. The minimum Gasteiger partial charge on any atom is -0.395 e. The molecular weight excluding hydrogens is 286 g/mol. The molecule has 0 radical (unpaired) electrons. The summed E-state index contributed by atoms with van der Waals surface area (Å²) in [4.78, 5) is 0. The zero-order valence-corrected chi connectivity index (χ0v) is 14.3. The number of hydrogen-bond donors (Lipinski definition) is 2. The Morgan fingerprint density at radius 3 is 2.74 bits per heavy atom. The van der Waals surface area contributed by atoms with Crippen molar-refractivity contribution in [3.63, 3.8) is 0 Å². The number of unbranched alkanes of at least 4 members (excludes halogenated alkanes) is 4. The summed E-state index contributed by atoms with van der Waals surface area (Å²) in [6, 6.07) is 8.80. The van der Waals surface area contributed by atoms with Crippen molar-refractivity contribution >= 4 is 6.08 Å². The van der Waals surface area contributed by atoms with Crippen LogP contribution in [-0.2, 0) is 11.3 Å². The van der Waals surface area contributed by atoms with Gasteiger partial charge >= 0.3 is 0 Å². The van der Waals surface area contributed by atoms with Gasteiger partial charge in [0.1, 0.15) is 0 Å². The monoisotopic (exact) mass is 317 g/mol. The summed E-state index contributed by atoms with van der Waals surface area (Å²) in [5.74, 6) is 0. The van der Waals surface area contributed by atoms with Crippen molar-refractivity contribution in [2.75, 3.05) is 13.2 Å². The molecule has 2 rings (SSSR count). The van der Waals surface area contributed by atoms with Gasteiger partial charge in [0, 0.05) is 12.6 Å². The highest BCUT2D eigenvalue weighted by atomic mass is 16.5. The third kappa shape index (κ3) is 6.86. The second kappa shape index (κ2) is 10.6. The number of rotatable bonds is 10. The van der Waals surface area contributed by atoms with Gasteiger partial charge in [-0.3, -0.25) is 0 Å². The van der Waals surface area contributed by atoms with Crippen molar-refractivity contribution in [2.24, 2.45) is 0 Å². The zero-order valence-electron chi connectivity index (χ0n) is 14.3. The van der Waals surface area contributed by atoms with Crippen molar-refractivity contribution in [3.8, 4) is 0 Å². The van der Waals surface area contributed by atoms with Gasteiger partial charge in [-0.05, 0) is 30.4 Å². The Morgan fingerprint density at radius 1 is 1.22 bits per heavy atom. The zero-order chi connectivity index (χ0) is 16.3. The molecule has 0 aromatic heterocycles. The minimum absolute atomic E-state index is 0.194. The highest BCUT2D eigenvalue weighted by Crippen LogP contribution is 2.14. The maximum absolute atomic E-state index is 9.11. The largest absolute Gasteiger partial charge is 0.395 e. The van der Waals surface area contributed by atoms with Crippen LogP contribution in [0.15, 0.2) is 30.3 Å². The van der Waals surface area contributed by atoms with Crippen LogP contribution in [0.3, 0.4) is 0 Å². The Morgan fingerprint density at radius 2 is 2.04 bits per heavy atom. The number of aliphatic hydroxyl groups excluding tert-OH is 1. The lowest BCUT2D eigenvalue weighted by Crippen LogP contribution is -2.24. The SMILES string of the molecule is CCCCCC/C=C/c1ccc(CO[C@H]2CN[C@H](CO)C2)cc1. The summed E-state index contributed by atoms with van der Waals surface area (Å²) in [5, 5.41) is 12.4. The average Bonchev–Trinajstić information content (AvgIpc) is 3.05. The second-order valence-corrected chi connectivity index (χ2v) is 6.45. The Kier molecular flexibility index (Phi) is 8.37. The fourth-order valence-electron chi connectivity index (χ4n) is 2.90. The summed E-state index contributed by atoms with van der Waals surface area (Å²) in [6.07, 6.45) is 12.0. The molecule has 0 spiro atoms. The summed E-state index contributed by atoms with van der Waals surface area (Å²) >= 11 is 0. The van der Waals surface area contributed by atoms with Gasteiger partial charge in [-0.15, -0.1) is 0 Å². The van der Waals surface area contributed by atoms with Crippen LogP contribution in [-0.4, -0.2) is 30.4 Å². The van der Waals surface area contributed by atoms with Gasteiger partial charge in [0.25, 0.3) is 0 Å². The van der Waals surface area contributed by atoms with Crippen LogP contribution in [0.2, 0.25) is 0 Å². The van der Waals surface area contributed by atoms with Crippen LogP contribution in [0, 0.1) is 0 Å². The van der Waals surface area contributed by atoms with Crippen molar-refractivity contribution < 1.29 is 9.84 Å². The summed E-state index contributed by atoms with van der Waals surface area (Å²) < 4.78 is 5.91. The lowest BCUT2D eigenvalue weighted by molar-refractivity contribution is 0.0512. The predicted octanol–water partition coefficient (Wildman–Crippen LogP) is 3.91. The van der Waals surface area contributed by atoms with E-state index < -0.39 is 0 Å². The molecule has 0 unspecified atom stereocenters. The maximum atomic E-state index is 9.11. The fourth-order valence-corrected chi connectivity index (χ4v) is 2.90. The number of aliphatic hydroxyl groups is 1. The molecule has 1 aliphatic heterocycles. The average molecular weight is 317 g/mol. The van der Waals surface area contributed by atoms with Crippen molar-refractivity contribution in [3.05, 3.63) is 41.5 Å². The molecule has 1 heterocycles. The Hall–Kier alpha value is -1.16. The second-order valence-electron chi connectivity index (χ2n) is 6.45. The molecule has 0 amide bonds. The van der Waals surface area contributed by atoms with Crippen LogP contribution in [0.25, 0.3) is 6.08 Å². The Bertz CT molecular complexity index is 455. The van der Waals surface area contributed by atoms with Crippen molar-refractivity contribution in [2.45, 2.75) is 64.2 Å². The molecular formula is C20H31NO2. The third-order valence-electron chi connectivity index (χ3n) is 4.40. The van der Waals surface area contributed by atoms with E-state index in [1.165, 1.54) is 43.2 Å². The Labute approximate surface area is 140 Å². The number of hydrogen-bond acceptors (Lipinski definition) is 3. The minimum atomic E-state index is 0.194. The van der Waals surface area contributed by atoms with Gasteiger partial charge < -0.3 is 15.2 Å². The van der Waals surface area contributed by atoms with Gasteiger partial charge in [-0.25, -0.2) is 0 Å². The molecule has 1 aromatic carbocycles. The van der Waals surface area contributed by atoms with Gasteiger partial charge in [-0.2, -0.15) is 0 Å². The smallest absolute Gasteiger partial charge is 0.0721 e. The first kappa shape index (κ1) is 18.2. The molecule has 23 heavy (non-hydrogen) atoms. The molecule has 0 aliphatic carbocycles. The molecule has 1 aromatic rings. The van der Waals surface area contributed by atoms with Gasteiger partial charge in [0.15, 0.2) is 0 Å². The first-order valence-corrected chi connectivity index (χ1v) is 9.03. The molecule has 2 atom stereocenters. The van der Waals surface area contributed by atoms with Crippen molar-refractivity contribution in [1.82, 2.24) is 5.32 Å². The van der Waals surface area contributed by atoms with E-state index in [9.17, 15) is 0 Å². The van der Waals surface area contributed by atoms with E-state index in [0.717, 1.165) is 13.0 Å². The molecule has 1 saturated heterocycles. The molecule has 2 N–H and O–H groups in total. The van der Waals surface area contributed by atoms with Gasteiger partial charge in [0.05, 0.1) is 19.3 Å². The quantitative estimate of drug-likeness (QED) is 0.643. The maximum Gasteiger partial charge on any atom is 0.0721 e. The van der Waals surface area contributed by atoms with E-state index in [1.807, 2.05) is 0 Å². The van der Waals surface area contributed by atoms with E-state index >= 15 is 0 Å². The van der Waals surface area contributed by atoms with E-state index in [0.29, 0.717) is 6.61 Å². The summed E-state index contributed by atoms with van der Waals surface area (Å²) in [6.45, 7) is 3.92. The Balaban J connectivity index is 1.67. The molecule has 128 valence electrons. The van der Waals surface area contributed by atoms with Crippen LogP contribution >= 0.6 is 0 Å².